The number of benzene rings is 2. The minimum atomic E-state index is 0. The topological polar surface area (TPSA) is 15.7 Å². The lowest BCUT2D eigenvalue weighted by Crippen LogP contribution is -2.56. The Morgan fingerprint density at radius 2 is 1.59 bits per heavy atom. The molecule has 2 aromatic carbocycles. The van der Waals surface area contributed by atoms with Gasteiger partial charge in [0.2, 0.25) is 0 Å². The molecule has 0 unspecified atom stereocenters. The number of piperazine rings is 1. The zero-order valence-corrected chi connectivity index (χ0v) is 19.5. The van der Waals surface area contributed by atoms with Crippen LogP contribution in [0.4, 0.5) is 5.69 Å². The summed E-state index contributed by atoms with van der Waals surface area (Å²) in [5.74, 6) is 3.51. The van der Waals surface area contributed by atoms with E-state index in [2.05, 4.69) is 83.1 Å². The second kappa shape index (κ2) is 11.4. The Morgan fingerprint density at radius 3 is 2.24 bits per heavy atom. The molecule has 4 rings (SSSR count). The Bertz CT molecular complexity index is 733. The van der Waals surface area contributed by atoms with Crippen molar-refractivity contribution in [3.8, 4) is 5.75 Å². The van der Waals surface area contributed by atoms with Gasteiger partial charge in [0.15, 0.2) is 0 Å². The van der Waals surface area contributed by atoms with E-state index in [1.165, 1.54) is 35.6 Å². The third-order valence-corrected chi connectivity index (χ3v) is 6.99. The van der Waals surface area contributed by atoms with E-state index >= 15 is 0 Å². The van der Waals surface area contributed by atoms with Gasteiger partial charge in [-0.25, -0.2) is 0 Å². The smallest absolute Gasteiger partial charge is 0.119 e. The molecule has 160 valence electrons. The highest BCUT2D eigenvalue weighted by atomic mass is 35.5. The van der Waals surface area contributed by atoms with Gasteiger partial charge in [0.1, 0.15) is 5.75 Å². The highest BCUT2D eigenvalue weighted by Gasteiger charge is 2.41. The van der Waals surface area contributed by atoms with Crippen LogP contribution in [0.25, 0.3) is 0 Å². The Kier molecular flexibility index (Phi) is 9.48. The fourth-order valence-corrected chi connectivity index (χ4v) is 5.74. The van der Waals surface area contributed by atoms with Gasteiger partial charge >= 0.3 is 0 Å². The van der Waals surface area contributed by atoms with Crippen LogP contribution in [0.15, 0.2) is 54.6 Å². The van der Waals surface area contributed by atoms with Gasteiger partial charge in [-0.2, -0.15) is 11.8 Å². The zero-order chi connectivity index (χ0) is 18.5. The van der Waals surface area contributed by atoms with Crippen molar-refractivity contribution in [1.29, 1.82) is 0 Å². The first-order chi connectivity index (χ1) is 13.3. The Balaban J connectivity index is 0.00000150. The highest BCUT2D eigenvalue weighted by Crippen LogP contribution is 2.42. The molecule has 0 amide bonds. The van der Waals surface area contributed by atoms with Crippen LogP contribution in [-0.2, 0) is 5.54 Å². The van der Waals surface area contributed by atoms with Crippen molar-refractivity contribution in [3.05, 3.63) is 60.2 Å². The van der Waals surface area contributed by atoms with Crippen molar-refractivity contribution in [1.82, 2.24) is 4.90 Å². The first-order valence-electron chi connectivity index (χ1n) is 10.2. The molecule has 0 aromatic heterocycles. The van der Waals surface area contributed by atoms with E-state index in [4.69, 9.17) is 4.74 Å². The molecule has 2 fully saturated rings. The van der Waals surface area contributed by atoms with Crippen LogP contribution in [0, 0.1) is 0 Å². The number of hydrogen-bond acceptors (Lipinski definition) is 4. The quantitative estimate of drug-likeness (QED) is 0.594. The lowest BCUT2D eigenvalue weighted by molar-refractivity contribution is 0.0685. The first kappa shape index (κ1) is 24.2. The Morgan fingerprint density at radius 1 is 0.897 bits per heavy atom. The molecular weight excluding hydrogens is 423 g/mol. The highest BCUT2D eigenvalue weighted by molar-refractivity contribution is 7.99. The van der Waals surface area contributed by atoms with Crippen molar-refractivity contribution in [2.75, 3.05) is 49.2 Å². The maximum atomic E-state index is 5.81. The minimum absolute atomic E-state index is 0. The molecule has 2 saturated heterocycles. The maximum Gasteiger partial charge on any atom is 0.119 e. The maximum absolute atomic E-state index is 5.81. The Hall–Kier alpha value is -1.07. The van der Waals surface area contributed by atoms with Crippen molar-refractivity contribution in [2.24, 2.45) is 0 Å². The zero-order valence-electron chi connectivity index (χ0n) is 17.1. The fourth-order valence-electron chi connectivity index (χ4n) is 4.57. The molecule has 0 atom stereocenters. The monoisotopic (exact) mass is 454 g/mol. The van der Waals surface area contributed by atoms with E-state index < -0.39 is 0 Å². The average Bonchev–Trinajstić information content (AvgIpc) is 2.75. The van der Waals surface area contributed by atoms with Gasteiger partial charge in [-0.1, -0.05) is 30.3 Å². The molecule has 6 heteroatoms. The molecule has 0 radical (unpaired) electrons. The normalized spacial score (nSPS) is 19.0. The second-order valence-electron chi connectivity index (χ2n) is 7.41. The van der Waals surface area contributed by atoms with Crippen LogP contribution in [0.1, 0.15) is 25.3 Å². The molecule has 0 aliphatic carbocycles. The van der Waals surface area contributed by atoms with Crippen LogP contribution in [0.3, 0.4) is 0 Å². The molecule has 3 nitrogen and oxygen atoms in total. The van der Waals surface area contributed by atoms with Crippen molar-refractivity contribution in [2.45, 2.75) is 25.3 Å². The van der Waals surface area contributed by atoms with Crippen molar-refractivity contribution in [3.63, 3.8) is 0 Å². The number of thioether (sulfide) groups is 1. The largest absolute Gasteiger partial charge is 0.494 e. The van der Waals surface area contributed by atoms with Crippen LogP contribution >= 0.6 is 36.6 Å². The van der Waals surface area contributed by atoms with E-state index in [0.29, 0.717) is 0 Å². The van der Waals surface area contributed by atoms with E-state index in [0.717, 1.165) is 38.5 Å². The number of ether oxygens (including phenoxy) is 1. The van der Waals surface area contributed by atoms with Gasteiger partial charge in [-0.15, -0.1) is 24.8 Å². The minimum Gasteiger partial charge on any atom is -0.494 e. The summed E-state index contributed by atoms with van der Waals surface area (Å²) in [6.07, 6.45) is 2.47. The van der Waals surface area contributed by atoms with Crippen molar-refractivity contribution >= 4 is 42.3 Å². The number of hydrogen-bond donors (Lipinski definition) is 0. The summed E-state index contributed by atoms with van der Waals surface area (Å²) in [5.41, 5.74) is 2.96. The first-order valence-corrected chi connectivity index (χ1v) is 11.3. The summed E-state index contributed by atoms with van der Waals surface area (Å²) < 4.78 is 5.81. The van der Waals surface area contributed by atoms with Crippen LogP contribution in [0.5, 0.6) is 5.75 Å². The predicted molar refractivity (Wildman–Crippen MR) is 131 cm³/mol. The predicted octanol–water partition coefficient (Wildman–Crippen LogP) is 5.47. The van der Waals surface area contributed by atoms with Gasteiger partial charge in [0, 0.05) is 37.4 Å². The Labute approximate surface area is 192 Å². The molecular formula is C23H32Cl2N2OS. The molecule has 2 aromatic rings. The van der Waals surface area contributed by atoms with Gasteiger partial charge in [-0.3, -0.25) is 4.90 Å². The molecule has 2 aliphatic rings. The summed E-state index contributed by atoms with van der Waals surface area (Å²) in [6.45, 7) is 7.23. The second-order valence-corrected chi connectivity index (χ2v) is 8.64. The summed E-state index contributed by atoms with van der Waals surface area (Å²) >= 11 is 2.10. The summed E-state index contributed by atoms with van der Waals surface area (Å²) in [4.78, 5) is 5.29. The number of anilines is 1. The van der Waals surface area contributed by atoms with E-state index in [1.807, 2.05) is 0 Å². The van der Waals surface area contributed by atoms with Crippen LogP contribution in [0.2, 0.25) is 0 Å². The van der Waals surface area contributed by atoms with Crippen LogP contribution in [-0.4, -0.2) is 49.2 Å². The SMILES string of the molecule is CCOc1cccc(C2(N3CCN(c4ccccc4)CC3)CCSCC2)c1.Cl.Cl. The average molecular weight is 455 g/mol. The molecule has 0 spiro atoms. The molecule has 29 heavy (non-hydrogen) atoms. The van der Waals surface area contributed by atoms with Crippen LogP contribution < -0.4 is 9.64 Å². The lowest BCUT2D eigenvalue weighted by Gasteiger charge is -2.50. The van der Waals surface area contributed by atoms with Gasteiger partial charge in [0.05, 0.1) is 6.61 Å². The van der Waals surface area contributed by atoms with Gasteiger partial charge in [0.25, 0.3) is 0 Å². The van der Waals surface area contributed by atoms with E-state index in [1.54, 1.807) is 0 Å². The van der Waals surface area contributed by atoms with E-state index in [-0.39, 0.29) is 30.4 Å². The standard InChI is InChI=1S/C23H30N2OS.2ClH/c1-2-26-22-10-6-7-20(19-22)23(11-17-27-18-12-23)25-15-13-24(14-16-25)21-8-4-3-5-9-21;;/h3-10,19H,2,11-18H2,1H3;2*1H. The van der Waals surface area contributed by atoms with E-state index in [9.17, 15) is 0 Å². The third kappa shape index (κ3) is 5.35. The number of para-hydroxylation sites is 1. The molecule has 0 N–H and O–H groups in total. The lowest BCUT2D eigenvalue weighted by atomic mass is 9.81. The third-order valence-electron chi connectivity index (χ3n) is 6.01. The van der Waals surface area contributed by atoms with Gasteiger partial charge in [-0.05, 0) is 61.1 Å². The molecule has 2 aliphatic heterocycles. The number of nitrogens with zero attached hydrogens (tertiary/aromatic N) is 2. The number of halogens is 2. The summed E-state index contributed by atoms with van der Waals surface area (Å²) in [6, 6.07) is 19.7. The number of rotatable bonds is 5. The molecule has 0 bridgehead atoms. The fraction of sp³-hybridized carbons (Fsp3) is 0.478. The van der Waals surface area contributed by atoms with Crippen molar-refractivity contribution < 1.29 is 4.74 Å². The summed E-state index contributed by atoms with van der Waals surface area (Å²) in [5, 5.41) is 0. The summed E-state index contributed by atoms with van der Waals surface area (Å²) in [7, 11) is 0. The molecule has 0 saturated carbocycles. The van der Waals surface area contributed by atoms with Gasteiger partial charge < -0.3 is 9.64 Å². The molecule has 2 heterocycles.